The van der Waals surface area contributed by atoms with Crippen molar-refractivity contribution >= 4 is 17.4 Å². The van der Waals surface area contributed by atoms with Gasteiger partial charge in [-0.1, -0.05) is 39.3 Å². The van der Waals surface area contributed by atoms with E-state index in [1.807, 2.05) is 50.2 Å². The Morgan fingerprint density at radius 1 is 1.08 bits per heavy atom. The third kappa shape index (κ3) is 6.92. The van der Waals surface area contributed by atoms with Crippen LogP contribution in [0.25, 0.3) is 5.76 Å². The Hall–Kier alpha value is -3.32. The Labute approximate surface area is 220 Å². The Morgan fingerprint density at radius 2 is 1.78 bits per heavy atom. The number of hydrogen-bond acceptors (Lipinski definition) is 6. The number of ketones is 1. The van der Waals surface area contributed by atoms with Crippen LogP contribution in [0.4, 0.5) is 0 Å². The lowest BCUT2D eigenvalue weighted by molar-refractivity contribution is -0.140. The molecule has 7 heteroatoms. The molecule has 1 unspecified atom stereocenters. The molecule has 1 saturated heterocycles. The van der Waals surface area contributed by atoms with Gasteiger partial charge in [0.1, 0.15) is 17.3 Å². The number of carbonyl (C=O) groups excluding carboxylic acids is 2. The van der Waals surface area contributed by atoms with Crippen LogP contribution in [0.5, 0.6) is 11.5 Å². The maximum atomic E-state index is 13.3. The van der Waals surface area contributed by atoms with Gasteiger partial charge in [-0.25, -0.2) is 0 Å². The summed E-state index contributed by atoms with van der Waals surface area (Å²) in [6.07, 6.45) is 2.01. The molecule has 1 N–H and O–H groups in total. The van der Waals surface area contributed by atoms with Crippen molar-refractivity contribution in [2.24, 2.45) is 5.92 Å². The summed E-state index contributed by atoms with van der Waals surface area (Å²) in [5, 5.41) is 11.4. The number of likely N-dealkylation sites (tertiary alicyclic amines) is 1. The van der Waals surface area contributed by atoms with Gasteiger partial charge in [0.25, 0.3) is 11.7 Å². The number of nitrogens with zero attached hydrogens (tertiary/aromatic N) is 2. The first-order valence-electron chi connectivity index (χ1n) is 13.0. The van der Waals surface area contributed by atoms with Gasteiger partial charge in [0.15, 0.2) is 0 Å². The normalized spacial score (nSPS) is 17.2. The number of ether oxygens (including phenoxy) is 2. The maximum absolute atomic E-state index is 13.3. The van der Waals surface area contributed by atoms with Crippen molar-refractivity contribution in [1.29, 1.82) is 0 Å². The molecule has 1 heterocycles. The van der Waals surface area contributed by atoms with E-state index in [-0.39, 0.29) is 11.3 Å². The molecule has 1 aliphatic heterocycles. The van der Waals surface area contributed by atoms with E-state index >= 15 is 0 Å². The van der Waals surface area contributed by atoms with Crippen LogP contribution in [0.3, 0.4) is 0 Å². The third-order valence-corrected chi connectivity index (χ3v) is 6.31. The summed E-state index contributed by atoms with van der Waals surface area (Å²) in [7, 11) is 3.83. The lowest BCUT2D eigenvalue weighted by Gasteiger charge is -2.26. The molecule has 0 spiro atoms. The van der Waals surface area contributed by atoms with Crippen LogP contribution in [0.2, 0.25) is 0 Å². The molecule has 0 bridgehead atoms. The minimum atomic E-state index is -0.693. The minimum absolute atomic E-state index is 0.0960. The smallest absolute Gasteiger partial charge is 0.295 e. The molecule has 0 aliphatic carbocycles. The summed E-state index contributed by atoms with van der Waals surface area (Å²) in [6, 6.07) is 12.1. The predicted octanol–water partition coefficient (Wildman–Crippen LogP) is 5.19. The lowest BCUT2D eigenvalue weighted by Crippen LogP contribution is -2.35. The first-order valence-corrected chi connectivity index (χ1v) is 13.0. The number of Topliss-reactive ketones (excluding diaryl/α,β-unsaturated/α-hetero) is 1. The fourth-order valence-electron chi connectivity index (χ4n) is 4.22. The second-order valence-corrected chi connectivity index (χ2v) is 10.3. The van der Waals surface area contributed by atoms with Gasteiger partial charge in [-0.2, -0.15) is 0 Å². The first kappa shape index (κ1) is 28.3. The lowest BCUT2D eigenvalue weighted by atomic mass is 9.94. The summed E-state index contributed by atoms with van der Waals surface area (Å²) in [5.74, 6) is 0.376. The average molecular weight is 509 g/mol. The van der Waals surface area contributed by atoms with E-state index in [9.17, 15) is 14.7 Å². The number of unbranched alkanes of at least 4 members (excludes halogenated alkanes) is 1. The SMILES string of the molecule is CCCCOc1ccc(C2/C(=C(\O)c3ccc(OCC(C)C)c(C)c3)C(=O)C(=O)N2CCN(C)C)cc1. The van der Waals surface area contributed by atoms with Crippen molar-refractivity contribution in [1.82, 2.24) is 9.80 Å². The number of likely N-dealkylation sites (N-methyl/N-ethyl adjacent to an activating group) is 1. The summed E-state index contributed by atoms with van der Waals surface area (Å²) >= 11 is 0. The van der Waals surface area contributed by atoms with Gasteiger partial charge in [0, 0.05) is 18.7 Å². The number of rotatable bonds is 12. The van der Waals surface area contributed by atoms with Crippen molar-refractivity contribution in [3.05, 3.63) is 64.7 Å². The van der Waals surface area contributed by atoms with Gasteiger partial charge in [-0.3, -0.25) is 9.59 Å². The number of aliphatic hydroxyl groups excluding tert-OH is 1. The first-order chi connectivity index (χ1) is 17.6. The summed E-state index contributed by atoms with van der Waals surface area (Å²) in [4.78, 5) is 29.9. The van der Waals surface area contributed by atoms with Crippen LogP contribution in [0, 0.1) is 12.8 Å². The number of aliphatic hydroxyl groups is 1. The monoisotopic (exact) mass is 508 g/mol. The summed E-state index contributed by atoms with van der Waals surface area (Å²) in [6.45, 7) is 10.3. The Bertz CT molecular complexity index is 1120. The predicted molar refractivity (Wildman–Crippen MR) is 146 cm³/mol. The fourth-order valence-corrected chi connectivity index (χ4v) is 4.22. The van der Waals surface area contributed by atoms with Gasteiger partial charge in [-0.05, 0) is 74.8 Å². The van der Waals surface area contributed by atoms with Crippen LogP contribution >= 0.6 is 0 Å². The van der Waals surface area contributed by atoms with E-state index < -0.39 is 17.7 Å². The number of amides is 1. The van der Waals surface area contributed by atoms with E-state index in [4.69, 9.17) is 9.47 Å². The molecule has 1 amide bonds. The van der Waals surface area contributed by atoms with E-state index in [1.54, 1.807) is 23.1 Å². The molecule has 2 aromatic rings. The quantitative estimate of drug-likeness (QED) is 0.184. The Kier molecular flexibility index (Phi) is 9.75. The van der Waals surface area contributed by atoms with E-state index in [0.29, 0.717) is 37.8 Å². The standard InChI is InChI=1S/C30H40N2O5/c1-7-8-17-36-24-12-9-22(10-13-24)27-26(29(34)30(35)32(27)16-15-31(5)6)28(33)23-11-14-25(21(4)18-23)37-19-20(2)3/h9-14,18,20,27,33H,7-8,15-17,19H2,1-6H3/b28-26+. The van der Waals surface area contributed by atoms with Gasteiger partial charge in [0.05, 0.1) is 24.8 Å². The molecule has 3 rings (SSSR count). The minimum Gasteiger partial charge on any atom is -0.507 e. The number of aryl methyl sites for hydroxylation is 1. The second-order valence-electron chi connectivity index (χ2n) is 10.3. The molecule has 0 aromatic heterocycles. The third-order valence-electron chi connectivity index (χ3n) is 6.31. The summed E-state index contributed by atoms with van der Waals surface area (Å²) in [5.41, 5.74) is 2.16. The topological polar surface area (TPSA) is 79.3 Å². The van der Waals surface area contributed by atoms with Crippen molar-refractivity contribution < 1.29 is 24.2 Å². The highest BCUT2D eigenvalue weighted by atomic mass is 16.5. The fraction of sp³-hybridized carbons (Fsp3) is 0.467. The van der Waals surface area contributed by atoms with Crippen molar-refractivity contribution in [2.45, 2.75) is 46.6 Å². The van der Waals surface area contributed by atoms with Crippen molar-refractivity contribution in [3.63, 3.8) is 0 Å². The zero-order valence-corrected chi connectivity index (χ0v) is 22.9. The molecule has 1 atom stereocenters. The van der Waals surface area contributed by atoms with Crippen LogP contribution in [0.1, 0.15) is 56.3 Å². The van der Waals surface area contributed by atoms with Gasteiger partial charge >= 0.3 is 0 Å². The zero-order chi connectivity index (χ0) is 27.1. The molecule has 37 heavy (non-hydrogen) atoms. The highest BCUT2D eigenvalue weighted by molar-refractivity contribution is 6.46. The van der Waals surface area contributed by atoms with E-state index in [1.165, 1.54) is 0 Å². The van der Waals surface area contributed by atoms with Crippen LogP contribution in [-0.4, -0.2) is 67.0 Å². The number of hydrogen-bond donors (Lipinski definition) is 1. The van der Waals surface area contributed by atoms with Gasteiger partial charge in [0.2, 0.25) is 0 Å². The number of carbonyl (C=O) groups is 2. The molecule has 2 aromatic carbocycles. The molecule has 1 fully saturated rings. The van der Waals surface area contributed by atoms with Crippen LogP contribution < -0.4 is 9.47 Å². The molecule has 0 radical (unpaired) electrons. The average Bonchev–Trinajstić information content (AvgIpc) is 3.11. The highest BCUT2D eigenvalue weighted by Gasteiger charge is 2.45. The Morgan fingerprint density at radius 3 is 2.38 bits per heavy atom. The van der Waals surface area contributed by atoms with Crippen LogP contribution in [0.15, 0.2) is 48.0 Å². The van der Waals surface area contributed by atoms with Crippen molar-refractivity contribution in [3.8, 4) is 11.5 Å². The number of benzene rings is 2. The molecule has 200 valence electrons. The molecule has 1 aliphatic rings. The molecular formula is C30H40N2O5. The molecular weight excluding hydrogens is 468 g/mol. The highest BCUT2D eigenvalue weighted by Crippen LogP contribution is 2.40. The van der Waals surface area contributed by atoms with Crippen molar-refractivity contribution in [2.75, 3.05) is 40.4 Å². The zero-order valence-electron chi connectivity index (χ0n) is 22.9. The van der Waals surface area contributed by atoms with Gasteiger partial charge < -0.3 is 24.4 Å². The molecule has 0 saturated carbocycles. The van der Waals surface area contributed by atoms with Crippen LogP contribution in [-0.2, 0) is 9.59 Å². The van der Waals surface area contributed by atoms with Gasteiger partial charge in [-0.15, -0.1) is 0 Å². The Balaban J connectivity index is 2.01. The van der Waals surface area contributed by atoms with E-state index in [0.717, 1.165) is 35.5 Å². The largest absolute Gasteiger partial charge is 0.507 e. The summed E-state index contributed by atoms with van der Waals surface area (Å²) < 4.78 is 11.6. The maximum Gasteiger partial charge on any atom is 0.295 e. The molecule has 7 nitrogen and oxygen atoms in total. The van der Waals surface area contributed by atoms with E-state index in [2.05, 4.69) is 20.8 Å². The second kappa shape index (κ2) is 12.8.